The van der Waals surface area contributed by atoms with Crippen molar-refractivity contribution in [2.45, 2.75) is 38.5 Å². The maximum atomic E-state index is 9.06. The molecular weight excluding hydrogens is 148 g/mol. The van der Waals surface area contributed by atoms with Gasteiger partial charge in [0, 0.05) is 5.57 Å². The first-order valence-corrected chi connectivity index (χ1v) is 4.67. The van der Waals surface area contributed by atoms with E-state index in [1.54, 1.807) is 0 Å². The lowest BCUT2D eigenvalue weighted by atomic mass is 9.94. The van der Waals surface area contributed by atoms with E-state index >= 15 is 0 Å². The van der Waals surface area contributed by atoms with Crippen LogP contribution in [0.1, 0.15) is 38.5 Å². The normalized spacial score (nSPS) is 25.7. The van der Waals surface area contributed by atoms with Crippen molar-refractivity contribution in [1.82, 2.24) is 0 Å². The molecule has 0 spiro atoms. The molecule has 0 fully saturated rings. The van der Waals surface area contributed by atoms with Crippen LogP contribution in [0.4, 0.5) is 0 Å². The summed E-state index contributed by atoms with van der Waals surface area (Å²) in [5.41, 5.74) is 2.15. The minimum Gasteiger partial charge on any atom is -0.392 e. The number of allylic oxidation sites excluding steroid dienone is 1. The minimum absolute atomic E-state index is 0.152. The van der Waals surface area contributed by atoms with E-state index in [1.165, 1.54) is 25.7 Å². The van der Waals surface area contributed by atoms with Crippen LogP contribution < -0.4 is 0 Å². The second-order valence-electron chi connectivity index (χ2n) is 3.30. The van der Waals surface area contributed by atoms with Gasteiger partial charge in [-0.25, -0.2) is 0 Å². The highest BCUT2D eigenvalue weighted by atomic mass is 16.3. The van der Waals surface area contributed by atoms with Gasteiger partial charge in [-0.3, -0.25) is 0 Å². The van der Waals surface area contributed by atoms with Crippen molar-refractivity contribution >= 4 is 0 Å². The predicted molar refractivity (Wildman–Crippen MR) is 50.6 cm³/mol. The Bertz CT molecular complexity index is 208. The van der Waals surface area contributed by atoms with Crippen molar-refractivity contribution in [2.24, 2.45) is 0 Å². The average Bonchev–Trinajstić information content (AvgIpc) is 2.05. The molecule has 0 bridgehead atoms. The van der Waals surface area contributed by atoms with E-state index in [2.05, 4.69) is 5.92 Å². The number of hydrogen-bond acceptors (Lipinski definition) is 1. The largest absolute Gasteiger partial charge is 0.392 e. The van der Waals surface area contributed by atoms with Crippen LogP contribution in [0.25, 0.3) is 0 Å². The molecule has 1 aliphatic carbocycles. The van der Waals surface area contributed by atoms with Crippen molar-refractivity contribution in [1.29, 1.82) is 0 Å². The second-order valence-corrected chi connectivity index (χ2v) is 3.30. The van der Waals surface area contributed by atoms with Gasteiger partial charge in [-0.05, 0) is 31.3 Å². The number of aliphatic hydroxyl groups is 1. The Morgan fingerprint density at radius 1 is 1.17 bits per heavy atom. The van der Waals surface area contributed by atoms with Gasteiger partial charge in [-0.15, -0.1) is 6.42 Å². The molecule has 0 unspecified atom stereocenters. The third-order valence-electron chi connectivity index (χ3n) is 2.45. The van der Waals surface area contributed by atoms with Crippen LogP contribution >= 0.6 is 0 Å². The van der Waals surface area contributed by atoms with Crippen molar-refractivity contribution in [3.8, 4) is 12.3 Å². The Morgan fingerprint density at radius 2 is 1.83 bits per heavy atom. The molecule has 1 N–H and O–H groups in total. The molecule has 0 saturated heterocycles. The Balaban J connectivity index is 2.71. The molecule has 0 heterocycles. The summed E-state index contributed by atoms with van der Waals surface area (Å²) >= 11 is 0. The molecular formula is C11H16O. The fourth-order valence-corrected chi connectivity index (χ4v) is 1.67. The van der Waals surface area contributed by atoms with E-state index in [0.29, 0.717) is 0 Å². The first-order valence-electron chi connectivity index (χ1n) is 4.67. The van der Waals surface area contributed by atoms with E-state index in [9.17, 15) is 0 Å². The third kappa shape index (κ3) is 2.39. The Hall–Kier alpha value is -0.740. The lowest BCUT2D eigenvalue weighted by Crippen LogP contribution is -1.99. The Morgan fingerprint density at radius 3 is 2.42 bits per heavy atom. The third-order valence-corrected chi connectivity index (χ3v) is 2.45. The number of terminal acetylenes is 1. The van der Waals surface area contributed by atoms with Crippen LogP contribution in [0, 0.1) is 12.3 Å². The standard InChI is InChI=1S/C11H16O/c1-2-10-7-5-3-4-6-8-11(10)9-12/h1,12H,3-9H2/b11-10+. The molecule has 0 radical (unpaired) electrons. The van der Waals surface area contributed by atoms with Crippen molar-refractivity contribution in [3.63, 3.8) is 0 Å². The van der Waals surface area contributed by atoms with Crippen LogP contribution in [0.15, 0.2) is 11.1 Å². The van der Waals surface area contributed by atoms with E-state index in [0.717, 1.165) is 24.0 Å². The van der Waals surface area contributed by atoms with Gasteiger partial charge in [0.05, 0.1) is 6.61 Å². The van der Waals surface area contributed by atoms with Crippen molar-refractivity contribution in [3.05, 3.63) is 11.1 Å². The van der Waals surface area contributed by atoms with Gasteiger partial charge in [0.25, 0.3) is 0 Å². The summed E-state index contributed by atoms with van der Waals surface area (Å²) in [5, 5.41) is 9.06. The summed E-state index contributed by atoms with van der Waals surface area (Å²) in [7, 11) is 0. The summed E-state index contributed by atoms with van der Waals surface area (Å²) in [4.78, 5) is 0. The molecule has 1 heteroatoms. The summed E-state index contributed by atoms with van der Waals surface area (Å²) in [6, 6.07) is 0. The van der Waals surface area contributed by atoms with Gasteiger partial charge in [-0.1, -0.05) is 18.8 Å². The maximum absolute atomic E-state index is 9.06. The predicted octanol–water partition coefficient (Wildman–Crippen LogP) is 2.26. The monoisotopic (exact) mass is 164 g/mol. The quantitative estimate of drug-likeness (QED) is 0.589. The maximum Gasteiger partial charge on any atom is 0.0653 e. The fourth-order valence-electron chi connectivity index (χ4n) is 1.67. The van der Waals surface area contributed by atoms with Gasteiger partial charge in [0.15, 0.2) is 0 Å². The number of aliphatic hydroxyl groups excluding tert-OH is 1. The smallest absolute Gasteiger partial charge is 0.0653 e. The fraction of sp³-hybridized carbons (Fsp3) is 0.636. The number of hydrogen-bond donors (Lipinski definition) is 1. The van der Waals surface area contributed by atoms with Crippen LogP contribution in [0.2, 0.25) is 0 Å². The molecule has 66 valence electrons. The molecule has 12 heavy (non-hydrogen) atoms. The molecule has 0 atom stereocenters. The summed E-state index contributed by atoms with van der Waals surface area (Å²) in [6.07, 6.45) is 12.3. The molecule has 1 rings (SSSR count). The lowest BCUT2D eigenvalue weighted by molar-refractivity contribution is 0.322. The molecule has 0 saturated carbocycles. The first-order chi connectivity index (χ1) is 5.88. The van der Waals surface area contributed by atoms with Crippen LogP contribution in [-0.2, 0) is 0 Å². The molecule has 1 nitrogen and oxygen atoms in total. The highest BCUT2D eigenvalue weighted by Crippen LogP contribution is 2.21. The van der Waals surface area contributed by atoms with E-state index < -0.39 is 0 Å². The summed E-state index contributed by atoms with van der Waals surface area (Å²) in [5.74, 6) is 2.69. The van der Waals surface area contributed by atoms with Crippen molar-refractivity contribution in [2.75, 3.05) is 6.61 Å². The van der Waals surface area contributed by atoms with Gasteiger partial charge in [-0.2, -0.15) is 0 Å². The highest BCUT2D eigenvalue weighted by molar-refractivity contribution is 5.31. The summed E-state index contributed by atoms with van der Waals surface area (Å²) < 4.78 is 0. The molecule has 0 amide bonds. The van der Waals surface area contributed by atoms with E-state index in [1.807, 2.05) is 0 Å². The lowest BCUT2D eigenvalue weighted by Gasteiger charge is -2.12. The second kappa shape index (κ2) is 5.00. The zero-order valence-electron chi connectivity index (χ0n) is 7.47. The Labute approximate surface area is 74.5 Å². The molecule has 1 aliphatic rings. The van der Waals surface area contributed by atoms with Gasteiger partial charge in [0.1, 0.15) is 0 Å². The van der Waals surface area contributed by atoms with E-state index in [4.69, 9.17) is 11.5 Å². The van der Waals surface area contributed by atoms with Crippen LogP contribution in [0.3, 0.4) is 0 Å². The van der Waals surface area contributed by atoms with Gasteiger partial charge in [0.2, 0.25) is 0 Å². The zero-order valence-corrected chi connectivity index (χ0v) is 7.47. The highest BCUT2D eigenvalue weighted by Gasteiger charge is 2.07. The van der Waals surface area contributed by atoms with Crippen LogP contribution in [-0.4, -0.2) is 11.7 Å². The molecule has 0 aromatic carbocycles. The minimum atomic E-state index is 0.152. The molecule has 0 aliphatic heterocycles. The van der Waals surface area contributed by atoms with Crippen molar-refractivity contribution < 1.29 is 5.11 Å². The molecule has 0 aromatic rings. The SMILES string of the molecule is C#C/C1=C(\CO)CCCCCC1. The topological polar surface area (TPSA) is 20.2 Å². The van der Waals surface area contributed by atoms with Gasteiger partial charge < -0.3 is 5.11 Å². The average molecular weight is 164 g/mol. The van der Waals surface area contributed by atoms with Gasteiger partial charge >= 0.3 is 0 Å². The first kappa shape index (κ1) is 9.35. The Kier molecular flexibility index (Phi) is 3.90. The van der Waals surface area contributed by atoms with E-state index in [-0.39, 0.29) is 6.61 Å². The number of rotatable bonds is 1. The summed E-state index contributed by atoms with van der Waals surface area (Å²) in [6.45, 7) is 0.152. The zero-order chi connectivity index (χ0) is 8.81. The molecule has 0 aromatic heterocycles. The van der Waals surface area contributed by atoms with Crippen LogP contribution in [0.5, 0.6) is 0 Å².